The van der Waals surface area contributed by atoms with Gasteiger partial charge in [0, 0.05) is 11.8 Å². The molecule has 2 aliphatic heterocycles. The van der Waals surface area contributed by atoms with Crippen LogP contribution in [-0.2, 0) is 19.8 Å². The van der Waals surface area contributed by atoms with Crippen LogP contribution in [0.3, 0.4) is 0 Å². The number of aromatic amines is 1. The third-order valence-corrected chi connectivity index (χ3v) is 8.13. The SMILES string of the molecule is COc1ccc(C(OC[C@@]23CO[C@@H]([C@H](n4cc(C)c(=O)[nH]c4=O)O2)[C@H]3O)(c2ccccc2)c2ccc(OC)cc2)cc1. The molecule has 0 aliphatic carbocycles. The number of hydrogen-bond acceptors (Lipinski definition) is 8. The first-order chi connectivity index (χ1) is 20.3. The zero-order valence-electron chi connectivity index (χ0n) is 23.5. The molecule has 2 saturated heterocycles. The zero-order valence-corrected chi connectivity index (χ0v) is 23.5. The van der Waals surface area contributed by atoms with Crippen molar-refractivity contribution in [1.29, 1.82) is 0 Å². The van der Waals surface area contributed by atoms with Crippen LogP contribution in [0.4, 0.5) is 0 Å². The number of ether oxygens (including phenoxy) is 5. The summed E-state index contributed by atoms with van der Waals surface area (Å²) in [6.07, 6.45) is -1.46. The number of nitrogens with one attached hydrogen (secondary N) is 1. The standard InChI is InChI=1S/C32H32N2O8/c1-20-17-34(30(37)33-28(20)36)29-26-27(35)31(42-29,18-40-26)19-41-32(21-7-5-4-6-8-21,22-9-13-24(38-2)14-10-22)23-11-15-25(39-3)16-12-23/h4-17,26-27,29,35H,18-19H2,1-3H3,(H,33,36,37)/t26-,27-,29-,31-/m1/s1. The van der Waals surface area contributed by atoms with E-state index in [2.05, 4.69) is 4.98 Å². The largest absolute Gasteiger partial charge is 0.497 e. The van der Waals surface area contributed by atoms with Crippen LogP contribution in [0.25, 0.3) is 0 Å². The van der Waals surface area contributed by atoms with Crippen LogP contribution in [0.5, 0.6) is 11.5 Å². The first-order valence-corrected chi connectivity index (χ1v) is 13.6. The highest BCUT2D eigenvalue weighted by Crippen LogP contribution is 2.48. The van der Waals surface area contributed by atoms with E-state index in [1.54, 1.807) is 21.1 Å². The van der Waals surface area contributed by atoms with E-state index in [-0.39, 0.29) is 13.2 Å². The second-order valence-electron chi connectivity index (χ2n) is 10.6. The Bertz CT molecular complexity index is 1620. The summed E-state index contributed by atoms with van der Waals surface area (Å²) in [6.45, 7) is 1.57. The highest BCUT2D eigenvalue weighted by atomic mass is 16.7. The third kappa shape index (κ3) is 4.53. The fourth-order valence-electron chi connectivity index (χ4n) is 5.82. The molecule has 4 atom stereocenters. The number of fused-ring (bicyclic) bond motifs is 2. The Morgan fingerprint density at radius 1 is 0.929 bits per heavy atom. The van der Waals surface area contributed by atoms with Crippen molar-refractivity contribution in [2.45, 2.75) is 36.6 Å². The summed E-state index contributed by atoms with van der Waals surface area (Å²) in [6, 6.07) is 25.0. The second-order valence-corrected chi connectivity index (χ2v) is 10.6. The van der Waals surface area contributed by atoms with Crippen LogP contribution in [0.1, 0.15) is 28.5 Å². The van der Waals surface area contributed by atoms with Crippen LogP contribution in [-0.4, -0.2) is 59.9 Å². The molecule has 2 fully saturated rings. The molecule has 6 rings (SSSR count). The number of aromatic nitrogens is 2. The quantitative estimate of drug-likeness (QED) is 0.294. The van der Waals surface area contributed by atoms with Crippen molar-refractivity contribution < 1.29 is 28.8 Å². The van der Waals surface area contributed by atoms with E-state index in [0.29, 0.717) is 17.1 Å². The highest BCUT2D eigenvalue weighted by Gasteiger charge is 2.63. The summed E-state index contributed by atoms with van der Waals surface area (Å²) in [5.74, 6) is 1.39. The number of nitrogens with zero attached hydrogens (tertiary/aromatic N) is 1. The summed E-state index contributed by atoms with van der Waals surface area (Å²) >= 11 is 0. The molecule has 2 N–H and O–H groups in total. The molecule has 1 aromatic heterocycles. The van der Waals surface area contributed by atoms with Gasteiger partial charge in [-0.2, -0.15) is 0 Å². The average molecular weight is 573 g/mol. The summed E-state index contributed by atoms with van der Waals surface area (Å²) < 4.78 is 31.4. The lowest BCUT2D eigenvalue weighted by Gasteiger charge is -2.39. The fraction of sp³-hybridized carbons (Fsp3) is 0.312. The Morgan fingerprint density at radius 3 is 2.07 bits per heavy atom. The van der Waals surface area contributed by atoms with E-state index in [1.165, 1.54) is 10.8 Å². The molecule has 10 nitrogen and oxygen atoms in total. The molecule has 3 aromatic carbocycles. The minimum atomic E-state index is -1.28. The fourth-order valence-corrected chi connectivity index (χ4v) is 5.82. The van der Waals surface area contributed by atoms with E-state index in [4.69, 9.17) is 23.7 Å². The number of benzene rings is 3. The number of hydrogen-bond donors (Lipinski definition) is 2. The molecule has 0 saturated carbocycles. The van der Waals surface area contributed by atoms with Crippen molar-refractivity contribution in [2.24, 2.45) is 0 Å². The number of aliphatic hydroxyl groups is 1. The molecule has 10 heteroatoms. The van der Waals surface area contributed by atoms with Crippen LogP contribution in [0, 0.1) is 6.92 Å². The van der Waals surface area contributed by atoms with E-state index in [1.807, 2.05) is 78.9 Å². The van der Waals surface area contributed by atoms with Crippen LogP contribution >= 0.6 is 0 Å². The highest BCUT2D eigenvalue weighted by molar-refractivity contribution is 5.49. The minimum absolute atomic E-state index is 0.0580. The van der Waals surface area contributed by atoms with Gasteiger partial charge in [0.05, 0.1) is 27.4 Å². The number of rotatable bonds is 9. The normalized spacial score (nSPS) is 23.2. The molecule has 0 amide bonds. The molecule has 0 unspecified atom stereocenters. The van der Waals surface area contributed by atoms with E-state index in [9.17, 15) is 14.7 Å². The van der Waals surface area contributed by atoms with Crippen molar-refractivity contribution in [3.8, 4) is 11.5 Å². The maximum Gasteiger partial charge on any atom is 0.330 e. The zero-order chi connectivity index (χ0) is 29.5. The average Bonchev–Trinajstić information content (AvgIpc) is 3.49. The Balaban J connectivity index is 1.44. The molecule has 3 heterocycles. The minimum Gasteiger partial charge on any atom is -0.497 e. The molecule has 0 radical (unpaired) electrons. The maximum atomic E-state index is 12.7. The number of methoxy groups -OCH3 is 2. The van der Waals surface area contributed by atoms with Gasteiger partial charge in [-0.3, -0.25) is 14.3 Å². The Hall–Kier alpha value is -4.22. The molecular weight excluding hydrogens is 540 g/mol. The molecule has 42 heavy (non-hydrogen) atoms. The molecule has 0 spiro atoms. The Labute approximate surface area is 242 Å². The summed E-state index contributed by atoms with van der Waals surface area (Å²) in [4.78, 5) is 26.9. The lowest BCUT2D eigenvalue weighted by molar-refractivity contribution is -0.204. The molecule has 4 aromatic rings. The maximum absolute atomic E-state index is 12.7. The van der Waals surface area contributed by atoms with Gasteiger partial charge in [-0.1, -0.05) is 54.6 Å². The van der Waals surface area contributed by atoms with Crippen molar-refractivity contribution in [2.75, 3.05) is 27.4 Å². The van der Waals surface area contributed by atoms with Gasteiger partial charge < -0.3 is 28.8 Å². The van der Waals surface area contributed by atoms with Crippen molar-refractivity contribution in [3.05, 3.63) is 128 Å². The predicted octanol–water partition coefficient (Wildman–Crippen LogP) is 2.90. The van der Waals surface area contributed by atoms with Crippen LogP contribution in [0.2, 0.25) is 0 Å². The third-order valence-electron chi connectivity index (χ3n) is 8.13. The number of aliphatic hydroxyl groups excluding tert-OH is 1. The van der Waals surface area contributed by atoms with Gasteiger partial charge in [-0.05, 0) is 47.9 Å². The van der Waals surface area contributed by atoms with Gasteiger partial charge in [0.1, 0.15) is 34.9 Å². The molecular formula is C32H32N2O8. The Morgan fingerprint density at radius 2 is 1.50 bits per heavy atom. The van der Waals surface area contributed by atoms with E-state index < -0.39 is 40.9 Å². The summed E-state index contributed by atoms with van der Waals surface area (Å²) in [5, 5.41) is 11.4. The van der Waals surface area contributed by atoms with E-state index in [0.717, 1.165) is 16.7 Å². The van der Waals surface area contributed by atoms with Gasteiger partial charge >= 0.3 is 5.69 Å². The smallest absolute Gasteiger partial charge is 0.330 e. The van der Waals surface area contributed by atoms with Crippen LogP contribution < -0.4 is 20.7 Å². The van der Waals surface area contributed by atoms with Gasteiger partial charge in [-0.25, -0.2) is 4.79 Å². The molecule has 218 valence electrons. The number of H-pyrrole nitrogens is 1. The first kappa shape index (κ1) is 27.9. The molecule has 2 bridgehead atoms. The monoisotopic (exact) mass is 572 g/mol. The summed E-state index contributed by atoms with van der Waals surface area (Å²) in [7, 11) is 3.22. The van der Waals surface area contributed by atoms with Gasteiger partial charge in [0.15, 0.2) is 6.23 Å². The van der Waals surface area contributed by atoms with Crippen molar-refractivity contribution in [1.82, 2.24) is 9.55 Å². The summed E-state index contributed by atoms with van der Waals surface area (Å²) in [5.41, 5.74) is -0.717. The van der Waals surface area contributed by atoms with Crippen LogP contribution in [0.15, 0.2) is 94.6 Å². The number of aryl methyl sites for hydroxylation is 1. The lowest BCUT2D eigenvalue weighted by atomic mass is 9.79. The van der Waals surface area contributed by atoms with Gasteiger partial charge in [0.2, 0.25) is 0 Å². The van der Waals surface area contributed by atoms with Crippen molar-refractivity contribution in [3.63, 3.8) is 0 Å². The predicted molar refractivity (Wildman–Crippen MR) is 153 cm³/mol. The van der Waals surface area contributed by atoms with Gasteiger partial charge in [0.25, 0.3) is 5.56 Å². The lowest BCUT2D eigenvalue weighted by Crippen LogP contribution is -2.48. The Kier molecular flexibility index (Phi) is 7.24. The van der Waals surface area contributed by atoms with Gasteiger partial charge in [-0.15, -0.1) is 0 Å². The van der Waals surface area contributed by atoms with E-state index >= 15 is 0 Å². The van der Waals surface area contributed by atoms with Crippen molar-refractivity contribution >= 4 is 0 Å². The second kappa shape index (κ2) is 10.9. The molecule has 2 aliphatic rings. The topological polar surface area (TPSA) is 121 Å². The first-order valence-electron chi connectivity index (χ1n) is 13.6.